The van der Waals surface area contributed by atoms with Gasteiger partial charge in [0.2, 0.25) is 11.8 Å². The molecule has 0 heterocycles. The molecule has 5 rings (SSSR count). The molecule has 0 radical (unpaired) electrons. The maximum Gasteiger partial charge on any atom is 0.272 e. The van der Waals surface area contributed by atoms with Gasteiger partial charge in [0.05, 0.1) is 0 Å². The van der Waals surface area contributed by atoms with Crippen molar-refractivity contribution in [3.8, 4) is 0 Å². The number of amides is 4. The topological polar surface area (TPSA) is 116 Å². The van der Waals surface area contributed by atoms with Crippen molar-refractivity contribution in [2.24, 2.45) is 0 Å². The van der Waals surface area contributed by atoms with Gasteiger partial charge in [-0.2, -0.15) is 0 Å². The molecule has 4 N–H and O–H groups in total. The normalized spacial score (nSPS) is 11.6. The highest BCUT2D eigenvalue weighted by Gasteiger charge is 2.23. The Morgan fingerprint density at radius 2 is 1.19 bits per heavy atom. The van der Waals surface area contributed by atoms with Gasteiger partial charge in [0.1, 0.15) is 16.8 Å². The van der Waals surface area contributed by atoms with Gasteiger partial charge in [-0.1, -0.05) is 66.7 Å². The molecule has 0 spiro atoms. The van der Waals surface area contributed by atoms with Gasteiger partial charge in [0, 0.05) is 40.0 Å². The van der Waals surface area contributed by atoms with Gasteiger partial charge >= 0.3 is 0 Å². The number of thioether (sulfide) groups is 1. The molecule has 0 fully saturated rings. The molecule has 10 heteroatoms. The quantitative estimate of drug-likeness (QED) is 0.0859. The molecule has 0 aliphatic rings. The van der Waals surface area contributed by atoms with E-state index >= 15 is 0 Å². The number of hydrogen-bond acceptors (Lipinski definition) is 5. The fraction of sp³-hybridized carbons (Fsp3) is 0.0526. The molecular weight excluding hydrogens is 628 g/mol. The van der Waals surface area contributed by atoms with E-state index in [1.165, 1.54) is 43.0 Å². The van der Waals surface area contributed by atoms with Gasteiger partial charge < -0.3 is 21.3 Å². The Balaban J connectivity index is 1.31. The minimum Gasteiger partial charge on any atom is -0.326 e. The van der Waals surface area contributed by atoms with Crippen molar-refractivity contribution in [2.45, 2.75) is 17.1 Å². The molecule has 0 aliphatic heterocycles. The monoisotopic (exact) mass is 658 g/mol. The lowest BCUT2D eigenvalue weighted by molar-refractivity contribution is -0.116. The zero-order chi connectivity index (χ0) is 33.9. The van der Waals surface area contributed by atoms with Crippen LogP contribution in [0.3, 0.4) is 0 Å². The fourth-order valence-corrected chi connectivity index (χ4v) is 5.61. The number of anilines is 3. The first kappa shape index (κ1) is 33.4. The Hall–Kier alpha value is -6.00. The number of benzene rings is 5. The first-order chi connectivity index (χ1) is 23.2. The van der Waals surface area contributed by atoms with Crippen molar-refractivity contribution in [1.29, 1.82) is 0 Å². The van der Waals surface area contributed by atoms with Gasteiger partial charge in [-0.15, -0.1) is 11.8 Å². The van der Waals surface area contributed by atoms with Gasteiger partial charge in [-0.05, 0) is 78.4 Å². The van der Waals surface area contributed by atoms with Gasteiger partial charge in [-0.25, -0.2) is 4.39 Å². The maximum absolute atomic E-state index is 14.5. The molecular formula is C38H31FN4O4S. The van der Waals surface area contributed by atoms with Crippen molar-refractivity contribution < 1.29 is 23.6 Å². The molecule has 8 nitrogen and oxygen atoms in total. The van der Waals surface area contributed by atoms with Crippen molar-refractivity contribution in [3.05, 3.63) is 162 Å². The highest BCUT2D eigenvalue weighted by molar-refractivity contribution is 8.00. The summed E-state index contributed by atoms with van der Waals surface area (Å²) in [4.78, 5) is 51.9. The lowest BCUT2D eigenvalue weighted by Gasteiger charge is -2.18. The summed E-state index contributed by atoms with van der Waals surface area (Å²) in [5.74, 6) is -2.14. The first-order valence-electron chi connectivity index (χ1n) is 14.9. The zero-order valence-electron chi connectivity index (χ0n) is 25.8. The molecule has 5 aromatic rings. The number of carbonyl (C=O) groups excluding carboxylic acids is 4. The maximum atomic E-state index is 14.5. The van der Waals surface area contributed by atoms with Crippen molar-refractivity contribution >= 4 is 58.5 Å². The van der Waals surface area contributed by atoms with E-state index in [-0.39, 0.29) is 23.1 Å². The third-order valence-corrected chi connectivity index (χ3v) is 8.18. The Labute approximate surface area is 281 Å². The summed E-state index contributed by atoms with van der Waals surface area (Å²) in [5.41, 5.74) is 2.75. The summed E-state index contributed by atoms with van der Waals surface area (Å²) >= 11 is 1.33. The molecule has 5 aromatic carbocycles. The lowest BCUT2D eigenvalue weighted by atomic mass is 10.1. The minimum atomic E-state index is -0.644. The van der Waals surface area contributed by atoms with Crippen molar-refractivity contribution in [3.63, 3.8) is 0 Å². The second-order valence-electron chi connectivity index (χ2n) is 10.5. The van der Waals surface area contributed by atoms with Crippen LogP contribution in [0.4, 0.5) is 21.5 Å². The van der Waals surface area contributed by atoms with E-state index < -0.39 is 22.9 Å². The molecule has 1 unspecified atom stereocenters. The highest BCUT2D eigenvalue weighted by Crippen LogP contribution is 2.37. The molecule has 48 heavy (non-hydrogen) atoms. The summed E-state index contributed by atoms with van der Waals surface area (Å²) in [6.07, 6.45) is 1.28. The van der Waals surface area contributed by atoms with Gasteiger partial charge in [0.25, 0.3) is 11.8 Å². The molecule has 1 atom stereocenters. The predicted molar refractivity (Wildman–Crippen MR) is 188 cm³/mol. The van der Waals surface area contributed by atoms with E-state index in [1.54, 1.807) is 84.9 Å². The summed E-state index contributed by atoms with van der Waals surface area (Å²) in [6, 6.07) is 37.4. The van der Waals surface area contributed by atoms with E-state index in [2.05, 4.69) is 21.3 Å². The summed E-state index contributed by atoms with van der Waals surface area (Å²) < 4.78 is 14.5. The molecule has 0 aliphatic carbocycles. The molecule has 0 saturated heterocycles. The van der Waals surface area contributed by atoms with Crippen LogP contribution in [-0.2, 0) is 14.4 Å². The smallest absolute Gasteiger partial charge is 0.272 e. The van der Waals surface area contributed by atoms with Crippen LogP contribution < -0.4 is 21.3 Å². The average molecular weight is 659 g/mol. The van der Waals surface area contributed by atoms with E-state index in [0.29, 0.717) is 22.6 Å². The van der Waals surface area contributed by atoms with Crippen LogP contribution in [0.25, 0.3) is 6.08 Å². The fourth-order valence-electron chi connectivity index (χ4n) is 4.59. The Morgan fingerprint density at radius 3 is 1.81 bits per heavy atom. The van der Waals surface area contributed by atoms with Gasteiger partial charge in [0.15, 0.2) is 0 Å². The first-order valence-corrected chi connectivity index (χ1v) is 15.8. The SMILES string of the molecule is CC(=O)Nc1ccc(NC(=O)C(Sc2ccc(NC(=O)/C(=C/c3ccccc3F)NC(=O)c3ccccc3)cc2)c2ccccc2)cc1. The second-order valence-corrected chi connectivity index (χ2v) is 11.7. The Bertz CT molecular complexity index is 1930. The van der Waals surface area contributed by atoms with Crippen LogP contribution in [0.2, 0.25) is 0 Å². The molecule has 0 saturated carbocycles. The zero-order valence-corrected chi connectivity index (χ0v) is 26.6. The Morgan fingerprint density at radius 1 is 0.646 bits per heavy atom. The van der Waals surface area contributed by atoms with Crippen molar-refractivity contribution in [1.82, 2.24) is 5.32 Å². The van der Waals surface area contributed by atoms with Gasteiger partial charge in [-0.3, -0.25) is 19.2 Å². The lowest BCUT2D eigenvalue weighted by Crippen LogP contribution is -2.30. The summed E-state index contributed by atoms with van der Waals surface area (Å²) in [5, 5.41) is 10.4. The number of halogens is 1. The van der Waals surface area contributed by atoms with E-state index in [1.807, 2.05) is 30.3 Å². The van der Waals surface area contributed by atoms with Crippen LogP contribution in [0.15, 0.2) is 144 Å². The highest BCUT2D eigenvalue weighted by atomic mass is 32.2. The molecule has 0 bridgehead atoms. The third-order valence-electron chi connectivity index (χ3n) is 6.91. The van der Waals surface area contributed by atoms with E-state index in [4.69, 9.17) is 0 Å². The molecule has 4 amide bonds. The number of hydrogen-bond donors (Lipinski definition) is 4. The standard InChI is InChI=1S/C38H31FN4O4S/c1-25(44)40-29-16-18-30(19-17-29)42-38(47)35(26-10-4-2-5-11-26)48-32-22-20-31(21-23-32)41-37(46)34(24-28-14-8-9-15-33(28)39)43-36(45)27-12-6-3-7-13-27/h2-24,35H,1H3,(H,40,44)(H,41,46)(H,42,47)(H,43,45)/b34-24-. The minimum absolute atomic E-state index is 0.136. The van der Waals surface area contributed by atoms with Crippen LogP contribution >= 0.6 is 11.8 Å². The summed E-state index contributed by atoms with van der Waals surface area (Å²) in [6.45, 7) is 1.42. The van der Waals surface area contributed by atoms with Crippen molar-refractivity contribution in [2.75, 3.05) is 16.0 Å². The number of carbonyl (C=O) groups is 4. The van der Waals surface area contributed by atoms with E-state index in [0.717, 1.165) is 10.5 Å². The van der Waals surface area contributed by atoms with Crippen LogP contribution in [-0.4, -0.2) is 23.6 Å². The third kappa shape index (κ3) is 9.27. The predicted octanol–water partition coefficient (Wildman–Crippen LogP) is 7.67. The second kappa shape index (κ2) is 16.0. The number of rotatable bonds is 11. The largest absolute Gasteiger partial charge is 0.326 e. The summed E-state index contributed by atoms with van der Waals surface area (Å²) in [7, 11) is 0. The molecule has 0 aromatic heterocycles. The van der Waals surface area contributed by atoms with E-state index in [9.17, 15) is 23.6 Å². The van der Waals surface area contributed by atoms with Crippen LogP contribution in [0, 0.1) is 5.82 Å². The average Bonchev–Trinajstić information content (AvgIpc) is 3.09. The molecule has 240 valence electrons. The van der Waals surface area contributed by atoms with Crippen LogP contribution in [0.1, 0.15) is 33.7 Å². The van der Waals surface area contributed by atoms with Crippen LogP contribution in [0.5, 0.6) is 0 Å². The Kier molecular flexibility index (Phi) is 11.1. The number of nitrogens with one attached hydrogen (secondary N) is 4.